The zero-order valence-electron chi connectivity index (χ0n) is 8.23. The monoisotopic (exact) mass is 196 g/mol. The third-order valence-electron chi connectivity index (χ3n) is 2.73. The van der Waals surface area contributed by atoms with Crippen molar-refractivity contribution in [3.63, 3.8) is 0 Å². The number of anilines is 1. The molecule has 0 amide bonds. The van der Waals surface area contributed by atoms with Crippen molar-refractivity contribution in [2.75, 3.05) is 11.4 Å². The SMILES string of the molecule is CC(C)C1CCCN1c1nccs1. The highest BCUT2D eigenvalue weighted by Crippen LogP contribution is 2.30. The molecule has 1 atom stereocenters. The number of nitrogens with zero attached hydrogens (tertiary/aromatic N) is 2. The first kappa shape index (κ1) is 9.00. The Morgan fingerprint density at radius 1 is 1.62 bits per heavy atom. The van der Waals surface area contributed by atoms with Gasteiger partial charge in [0.1, 0.15) is 0 Å². The summed E-state index contributed by atoms with van der Waals surface area (Å²) in [6, 6.07) is 0.714. The van der Waals surface area contributed by atoms with E-state index in [1.54, 1.807) is 11.3 Å². The van der Waals surface area contributed by atoms with Crippen molar-refractivity contribution < 1.29 is 0 Å². The van der Waals surface area contributed by atoms with Gasteiger partial charge in [-0.25, -0.2) is 4.98 Å². The van der Waals surface area contributed by atoms with Gasteiger partial charge in [-0.2, -0.15) is 0 Å². The number of rotatable bonds is 2. The average Bonchev–Trinajstić information content (AvgIpc) is 2.74. The molecule has 1 aromatic rings. The maximum absolute atomic E-state index is 4.38. The fraction of sp³-hybridized carbons (Fsp3) is 0.700. The highest BCUT2D eigenvalue weighted by molar-refractivity contribution is 7.13. The van der Waals surface area contributed by atoms with Crippen molar-refractivity contribution in [1.29, 1.82) is 0 Å². The Morgan fingerprint density at radius 2 is 2.46 bits per heavy atom. The lowest BCUT2D eigenvalue weighted by atomic mass is 10.0. The zero-order valence-corrected chi connectivity index (χ0v) is 9.05. The second kappa shape index (κ2) is 3.66. The van der Waals surface area contributed by atoms with Crippen molar-refractivity contribution in [2.45, 2.75) is 32.7 Å². The van der Waals surface area contributed by atoms with E-state index in [1.165, 1.54) is 24.5 Å². The van der Waals surface area contributed by atoms with Crippen LogP contribution in [0.2, 0.25) is 0 Å². The molecule has 2 nitrogen and oxygen atoms in total. The van der Waals surface area contributed by atoms with Crippen LogP contribution in [0.3, 0.4) is 0 Å². The molecular weight excluding hydrogens is 180 g/mol. The molecule has 1 aromatic heterocycles. The van der Waals surface area contributed by atoms with Gasteiger partial charge in [0.25, 0.3) is 0 Å². The fourth-order valence-corrected chi connectivity index (χ4v) is 2.81. The lowest BCUT2D eigenvalue weighted by molar-refractivity contribution is 0.491. The molecule has 0 radical (unpaired) electrons. The van der Waals surface area contributed by atoms with Gasteiger partial charge in [0.15, 0.2) is 5.13 Å². The molecule has 2 rings (SSSR count). The molecule has 1 fully saturated rings. The van der Waals surface area contributed by atoms with E-state index < -0.39 is 0 Å². The molecule has 0 N–H and O–H groups in total. The van der Waals surface area contributed by atoms with Crippen LogP contribution < -0.4 is 4.90 Å². The van der Waals surface area contributed by atoms with E-state index in [0.29, 0.717) is 6.04 Å². The maximum atomic E-state index is 4.38. The molecule has 0 saturated carbocycles. The first-order valence-electron chi connectivity index (χ1n) is 4.95. The Balaban J connectivity index is 2.14. The van der Waals surface area contributed by atoms with Crippen LogP contribution in [-0.2, 0) is 0 Å². The lowest BCUT2D eigenvalue weighted by Gasteiger charge is -2.26. The predicted octanol–water partition coefficient (Wildman–Crippen LogP) is 2.77. The van der Waals surface area contributed by atoms with Gasteiger partial charge < -0.3 is 4.90 Å². The van der Waals surface area contributed by atoms with Crippen LogP contribution in [0.15, 0.2) is 11.6 Å². The minimum Gasteiger partial charge on any atom is -0.345 e. The molecule has 1 saturated heterocycles. The Labute approximate surface area is 83.6 Å². The predicted molar refractivity (Wildman–Crippen MR) is 57.3 cm³/mol. The summed E-state index contributed by atoms with van der Waals surface area (Å²) in [7, 11) is 0. The van der Waals surface area contributed by atoms with Crippen molar-refractivity contribution in [3.05, 3.63) is 11.6 Å². The summed E-state index contributed by atoms with van der Waals surface area (Å²) in [5, 5.41) is 3.27. The Kier molecular flexibility index (Phi) is 2.54. The summed E-state index contributed by atoms with van der Waals surface area (Å²) < 4.78 is 0. The van der Waals surface area contributed by atoms with Gasteiger partial charge in [-0.3, -0.25) is 0 Å². The normalized spacial score (nSPS) is 23.0. The summed E-state index contributed by atoms with van der Waals surface area (Å²) in [6.45, 7) is 5.80. The van der Waals surface area contributed by atoms with Gasteiger partial charge in [-0.1, -0.05) is 13.8 Å². The van der Waals surface area contributed by atoms with Crippen LogP contribution in [0, 0.1) is 5.92 Å². The molecule has 0 aromatic carbocycles. The third kappa shape index (κ3) is 1.70. The van der Waals surface area contributed by atoms with Crippen molar-refractivity contribution in [1.82, 2.24) is 4.98 Å². The van der Waals surface area contributed by atoms with Gasteiger partial charge in [-0.05, 0) is 18.8 Å². The molecule has 1 aliphatic heterocycles. The van der Waals surface area contributed by atoms with E-state index in [1.807, 2.05) is 6.20 Å². The topological polar surface area (TPSA) is 16.1 Å². The molecule has 0 aliphatic carbocycles. The Bertz CT molecular complexity index is 256. The van der Waals surface area contributed by atoms with Gasteiger partial charge in [0.05, 0.1) is 0 Å². The summed E-state index contributed by atoms with van der Waals surface area (Å²) in [6.07, 6.45) is 4.55. The lowest BCUT2D eigenvalue weighted by Crippen LogP contribution is -2.33. The van der Waals surface area contributed by atoms with E-state index in [-0.39, 0.29) is 0 Å². The van der Waals surface area contributed by atoms with Crippen LogP contribution in [0.4, 0.5) is 5.13 Å². The van der Waals surface area contributed by atoms with Gasteiger partial charge in [-0.15, -0.1) is 11.3 Å². The minimum absolute atomic E-state index is 0.714. The second-order valence-corrected chi connectivity index (χ2v) is 4.83. The van der Waals surface area contributed by atoms with E-state index in [4.69, 9.17) is 0 Å². The average molecular weight is 196 g/mol. The Morgan fingerprint density at radius 3 is 3.08 bits per heavy atom. The van der Waals surface area contributed by atoms with E-state index in [9.17, 15) is 0 Å². The maximum Gasteiger partial charge on any atom is 0.185 e. The molecule has 0 bridgehead atoms. The van der Waals surface area contributed by atoms with Crippen molar-refractivity contribution in [3.8, 4) is 0 Å². The van der Waals surface area contributed by atoms with Crippen LogP contribution in [0.1, 0.15) is 26.7 Å². The standard InChI is InChI=1S/C10H16N2S/c1-8(2)9-4-3-6-12(9)10-11-5-7-13-10/h5,7-9H,3-4,6H2,1-2H3. The quantitative estimate of drug-likeness (QED) is 0.723. The van der Waals surface area contributed by atoms with Gasteiger partial charge >= 0.3 is 0 Å². The number of aromatic nitrogens is 1. The molecular formula is C10H16N2S. The van der Waals surface area contributed by atoms with Crippen molar-refractivity contribution >= 4 is 16.5 Å². The summed E-state index contributed by atoms with van der Waals surface area (Å²) >= 11 is 1.76. The first-order valence-corrected chi connectivity index (χ1v) is 5.83. The molecule has 3 heteroatoms. The largest absolute Gasteiger partial charge is 0.345 e. The highest BCUT2D eigenvalue weighted by atomic mass is 32.1. The van der Waals surface area contributed by atoms with Crippen LogP contribution >= 0.6 is 11.3 Å². The fourth-order valence-electron chi connectivity index (χ4n) is 2.08. The second-order valence-electron chi connectivity index (χ2n) is 3.96. The van der Waals surface area contributed by atoms with Crippen LogP contribution in [0.25, 0.3) is 0 Å². The number of hydrogen-bond donors (Lipinski definition) is 0. The smallest absolute Gasteiger partial charge is 0.185 e. The van der Waals surface area contributed by atoms with Crippen LogP contribution in [-0.4, -0.2) is 17.6 Å². The van der Waals surface area contributed by atoms with E-state index >= 15 is 0 Å². The molecule has 2 heterocycles. The highest BCUT2D eigenvalue weighted by Gasteiger charge is 2.28. The van der Waals surface area contributed by atoms with Crippen LogP contribution in [0.5, 0.6) is 0 Å². The van der Waals surface area contributed by atoms with Gasteiger partial charge in [0, 0.05) is 24.2 Å². The molecule has 72 valence electrons. The molecule has 1 aliphatic rings. The van der Waals surface area contributed by atoms with E-state index in [0.717, 1.165) is 5.92 Å². The molecule has 1 unspecified atom stereocenters. The van der Waals surface area contributed by atoms with Gasteiger partial charge in [0.2, 0.25) is 0 Å². The van der Waals surface area contributed by atoms with E-state index in [2.05, 4.69) is 29.1 Å². The summed E-state index contributed by atoms with van der Waals surface area (Å²) in [5.74, 6) is 0.742. The number of hydrogen-bond acceptors (Lipinski definition) is 3. The van der Waals surface area contributed by atoms with Crippen molar-refractivity contribution in [2.24, 2.45) is 5.92 Å². The zero-order chi connectivity index (χ0) is 9.26. The molecule has 13 heavy (non-hydrogen) atoms. The third-order valence-corrected chi connectivity index (χ3v) is 3.54. The number of thiazole rings is 1. The summed E-state index contributed by atoms with van der Waals surface area (Å²) in [4.78, 5) is 6.84. The first-order chi connectivity index (χ1) is 6.29. The molecule has 0 spiro atoms. The Hall–Kier alpha value is -0.570. The summed E-state index contributed by atoms with van der Waals surface area (Å²) in [5.41, 5.74) is 0. The minimum atomic E-state index is 0.714.